The van der Waals surface area contributed by atoms with Crippen LogP contribution < -0.4 is 0 Å². The first-order valence-electron chi connectivity index (χ1n) is 3.54. The summed E-state index contributed by atoms with van der Waals surface area (Å²) < 4.78 is 5.26. The number of hydrogen-bond acceptors (Lipinski definition) is 2. The molecule has 0 unspecified atom stereocenters. The van der Waals surface area contributed by atoms with E-state index >= 15 is 0 Å². The third-order valence-electron chi connectivity index (χ3n) is 1.23. The Balaban J connectivity index is 2.04. The van der Waals surface area contributed by atoms with E-state index in [-0.39, 0.29) is 0 Å². The third kappa shape index (κ3) is 3.39. The number of rotatable bonds is 5. The molecule has 0 aliphatic rings. The van der Waals surface area contributed by atoms with Crippen LogP contribution in [0.5, 0.6) is 0 Å². The van der Waals surface area contributed by atoms with Crippen molar-refractivity contribution in [3.63, 3.8) is 0 Å². The summed E-state index contributed by atoms with van der Waals surface area (Å²) in [7, 11) is 0. The van der Waals surface area contributed by atoms with Gasteiger partial charge in [-0.2, -0.15) is 0 Å². The van der Waals surface area contributed by atoms with Gasteiger partial charge in [-0.1, -0.05) is 0 Å². The van der Waals surface area contributed by atoms with Crippen molar-refractivity contribution in [2.45, 2.75) is 13.0 Å². The van der Waals surface area contributed by atoms with Gasteiger partial charge in [0.1, 0.15) is 0 Å². The quantitative estimate of drug-likeness (QED) is 0.544. The molecule has 1 aromatic heterocycles. The van der Waals surface area contributed by atoms with Gasteiger partial charge in [0.15, 0.2) is 0 Å². The van der Waals surface area contributed by atoms with Crippen molar-refractivity contribution in [3.05, 3.63) is 18.2 Å². The van der Waals surface area contributed by atoms with Crippen LogP contribution in [0.2, 0.25) is 0 Å². The number of nitrogens with zero attached hydrogens (tertiary/aromatic N) is 1. The maximum absolute atomic E-state index is 5.46. The van der Waals surface area contributed by atoms with Crippen molar-refractivity contribution in [1.82, 2.24) is 9.97 Å². The minimum Gasteiger partial charge on any atom is -0.375 e. The van der Waals surface area contributed by atoms with Gasteiger partial charge < -0.3 is 9.72 Å². The number of nitrogens with one attached hydrogen (secondary N) is 1. The summed E-state index contributed by atoms with van der Waals surface area (Å²) in [4.78, 5) is 6.80. The Bertz CT molecular complexity index is 177. The Morgan fingerprint density at radius 1 is 1.64 bits per heavy atom. The van der Waals surface area contributed by atoms with E-state index in [4.69, 9.17) is 16.3 Å². The van der Waals surface area contributed by atoms with Gasteiger partial charge in [-0.25, -0.2) is 4.98 Å². The van der Waals surface area contributed by atoms with Gasteiger partial charge >= 0.3 is 0 Å². The standard InChI is InChI=1S/C7H11ClN2O/c8-2-1-3-11-5-7-4-9-6-10-7/h4,6H,1-3,5H2,(H,9,10). The molecule has 0 radical (unpaired) electrons. The summed E-state index contributed by atoms with van der Waals surface area (Å²) in [5.74, 6) is 0.656. The van der Waals surface area contributed by atoms with Crippen LogP contribution in [0.4, 0.5) is 0 Å². The molecule has 0 fully saturated rings. The molecule has 0 atom stereocenters. The van der Waals surface area contributed by atoms with Gasteiger partial charge in [-0.3, -0.25) is 0 Å². The fraction of sp³-hybridized carbons (Fsp3) is 0.571. The first kappa shape index (κ1) is 8.56. The number of aromatic nitrogens is 2. The molecule has 0 saturated carbocycles. The van der Waals surface area contributed by atoms with Crippen LogP contribution in [-0.2, 0) is 11.3 Å². The summed E-state index contributed by atoms with van der Waals surface area (Å²) >= 11 is 5.46. The number of H-pyrrole nitrogens is 1. The highest BCUT2D eigenvalue weighted by atomic mass is 35.5. The lowest BCUT2D eigenvalue weighted by Gasteiger charge is -1.98. The maximum Gasteiger partial charge on any atom is 0.0922 e. The number of imidazole rings is 1. The number of halogens is 1. The molecule has 62 valence electrons. The van der Waals surface area contributed by atoms with Crippen molar-refractivity contribution in [1.29, 1.82) is 0 Å². The minimum atomic E-state index is 0.594. The SMILES string of the molecule is ClCCCOCc1cnc[nH]1. The molecule has 0 saturated heterocycles. The van der Waals surface area contributed by atoms with Crippen LogP contribution in [-0.4, -0.2) is 22.5 Å². The van der Waals surface area contributed by atoms with Crippen LogP contribution >= 0.6 is 11.6 Å². The zero-order chi connectivity index (χ0) is 7.94. The highest BCUT2D eigenvalue weighted by molar-refractivity contribution is 6.17. The Morgan fingerprint density at radius 3 is 3.18 bits per heavy atom. The smallest absolute Gasteiger partial charge is 0.0922 e. The second kappa shape index (κ2) is 5.16. The van der Waals surface area contributed by atoms with Gasteiger partial charge in [0.2, 0.25) is 0 Å². The summed E-state index contributed by atoms with van der Waals surface area (Å²) in [6.45, 7) is 1.30. The lowest BCUT2D eigenvalue weighted by Crippen LogP contribution is -1.95. The number of aromatic amines is 1. The Morgan fingerprint density at radius 2 is 2.55 bits per heavy atom. The number of ether oxygens (including phenoxy) is 1. The molecule has 3 nitrogen and oxygen atoms in total. The average Bonchev–Trinajstić information content (AvgIpc) is 2.50. The maximum atomic E-state index is 5.46. The molecule has 1 heterocycles. The highest BCUT2D eigenvalue weighted by Gasteiger charge is 1.92. The fourth-order valence-corrected chi connectivity index (χ4v) is 0.811. The summed E-state index contributed by atoms with van der Waals surface area (Å²) in [5.41, 5.74) is 1.000. The average molecular weight is 175 g/mol. The first-order valence-corrected chi connectivity index (χ1v) is 4.08. The monoisotopic (exact) mass is 174 g/mol. The van der Waals surface area contributed by atoms with E-state index in [1.807, 2.05) is 0 Å². The van der Waals surface area contributed by atoms with Gasteiger partial charge in [0.05, 0.1) is 24.8 Å². The molecule has 0 amide bonds. The van der Waals surface area contributed by atoms with Crippen molar-refractivity contribution in [2.75, 3.05) is 12.5 Å². The Labute approximate surface area is 70.7 Å². The van der Waals surface area contributed by atoms with E-state index in [2.05, 4.69) is 9.97 Å². The fourth-order valence-electron chi connectivity index (χ4n) is 0.702. The van der Waals surface area contributed by atoms with Crippen molar-refractivity contribution >= 4 is 11.6 Å². The first-order chi connectivity index (χ1) is 5.43. The summed E-state index contributed by atoms with van der Waals surface area (Å²) in [5, 5.41) is 0. The Hall–Kier alpha value is -0.540. The van der Waals surface area contributed by atoms with Crippen LogP contribution in [0, 0.1) is 0 Å². The summed E-state index contributed by atoms with van der Waals surface area (Å²) in [6, 6.07) is 0. The second-order valence-electron chi connectivity index (χ2n) is 2.17. The highest BCUT2D eigenvalue weighted by Crippen LogP contribution is 1.95. The lowest BCUT2D eigenvalue weighted by atomic mass is 10.5. The second-order valence-corrected chi connectivity index (χ2v) is 2.55. The molecule has 0 aliphatic heterocycles. The molecular weight excluding hydrogens is 164 g/mol. The van der Waals surface area contributed by atoms with Crippen LogP contribution in [0.3, 0.4) is 0 Å². The van der Waals surface area contributed by atoms with Gasteiger partial charge in [0.25, 0.3) is 0 Å². The van der Waals surface area contributed by atoms with Gasteiger partial charge in [0, 0.05) is 12.5 Å². The third-order valence-corrected chi connectivity index (χ3v) is 1.50. The molecule has 0 aromatic carbocycles. The van der Waals surface area contributed by atoms with Gasteiger partial charge in [-0.15, -0.1) is 11.6 Å². The van der Waals surface area contributed by atoms with E-state index < -0.39 is 0 Å². The molecular formula is C7H11ClN2O. The molecule has 0 bridgehead atoms. The van der Waals surface area contributed by atoms with E-state index in [0.717, 1.165) is 12.1 Å². The molecule has 0 aliphatic carbocycles. The van der Waals surface area contributed by atoms with Crippen molar-refractivity contribution in [2.24, 2.45) is 0 Å². The van der Waals surface area contributed by atoms with Crippen LogP contribution in [0.25, 0.3) is 0 Å². The summed E-state index contributed by atoms with van der Waals surface area (Å²) in [6.07, 6.45) is 4.29. The van der Waals surface area contributed by atoms with E-state index in [0.29, 0.717) is 19.1 Å². The van der Waals surface area contributed by atoms with E-state index in [1.54, 1.807) is 12.5 Å². The zero-order valence-electron chi connectivity index (χ0n) is 6.22. The largest absolute Gasteiger partial charge is 0.375 e. The topological polar surface area (TPSA) is 37.9 Å². The molecule has 1 rings (SSSR count). The molecule has 1 N–H and O–H groups in total. The molecule has 0 spiro atoms. The van der Waals surface area contributed by atoms with Crippen molar-refractivity contribution < 1.29 is 4.74 Å². The predicted molar refractivity (Wildman–Crippen MR) is 43.6 cm³/mol. The van der Waals surface area contributed by atoms with Crippen molar-refractivity contribution in [3.8, 4) is 0 Å². The number of alkyl halides is 1. The van der Waals surface area contributed by atoms with E-state index in [9.17, 15) is 0 Å². The molecule has 1 aromatic rings. The molecule has 11 heavy (non-hydrogen) atoms. The van der Waals surface area contributed by atoms with Gasteiger partial charge in [-0.05, 0) is 6.42 Å². The lowest BCUT2D eigenvalue weighted by molar-refractivity contribution is 0.119. The molecule has 4 heteroatoms. The normalized spacial score (nSPS) is 10.3. The predicted octanol–water partition coefficient (Wildman–Crippen LogP) is 1.56. The Kier molecular flexibility index (Phi) is 4.01. The van der Waals surface area contributed by atoms with Crippen LogP contribution in [0.1, 0.15) is 12.1 Å². The van der Waals surface area contributed by atoms with Crippen LogP contribution in [0.15, 0.2) is 12.5 Å². The minimum absolute atomic E-state index is 0.594. The number of hydrogen-bond donors (Lipinski definition) is 1. The van der Waals surface area contributed by atoms with E-state index in [1.165, 1.54) is 0 Å². The zero-order valence-corrected chi connectivity index (χ0v) is 6.97.